The van der Waals surface area contributed by atoms with E-state index in [4.69, 9.17) is 4.42 Å². The molecule has 0 bridgehead atoms. The number of aromatic nitrogens is 1. The van der Waals surface area contributed by atoms with E-state index < -0.39 is 0 Å². The zero-order valence-corrected chi connectivity index (χ0v) is 14.8. The number of pyridine rings is 1. The number of furan rings is 1. The molecule has 2 amide bonds. The Balaban J connectivity index is 1.67. The van der Waals surface area contributed by atoms with Gasteiger partial charge in [0.15, 0.2) is 0 Å². The van der Waals surface area contributed by atoms with Crippen molar-refractivity contribution in [3.05, 3.63) is 90.1 Å². The van der Waals surface area contributed by atoms with Crippen LogP contribution in [0, 0.1) is 0 Å². The zero-order chi connectivity index (χ0) is 18.2. The van der Waals surface area contributed by atoms with E-state index in [-0.39, 0.29) is 12.1 Å². The van der Waals surface area contributed by atoms with Crippen LogP contribution in [0.15, 0.2) is 77.7 Å². The van der Waals surface area contributed by atoms with Crippen molar-refractivity contribution in [2.24, 2.45) is 0 Å². The molecule has 1 aromatic carbocycles. The highest BCUT2D eigenvalue weighted by Crippen LogP contribution is 2.14. The second kappa shape index (κ2) is 8.85. The topological polar surface area (TPSA) is 58.4 Å². The van der Waals surface area contributed by atoms with E-state index in [1.807, 2.05) is 54.3 Å². The van der Waals surface area contributed by atoms with Gasteiger partial charge >= 0.3 is 6.03 Å². The van der Waals surface area contributed by atoms with Gasteiger partial charge < -0.3 is 14.6 Å². The Bertz CT molecular complexity index is 789. The average Bonchev–Trinajstić information content (AvgIpc) is 3.21. The van der Waals surface area contributed by atoms with Crippen LogP contribution < -0.4 is 5.32 Å². The number of hydrogen-bond acceptors (Lipinski definition) is 3. The van der Waals surface area contributed by atoms with Crippen LogP contribution in [0.25, 0.3) is 0 Å². The van der Waals surface area contributed by atoms with Gasteiger partial charge in [-0.05, 0) is 48.7 Å². The van der Waals surface area contributed by atoms with Crippen LogP contribution in [0.3, 0.4) is 0 Å². The molecule has 5 heteroatoms. The van der Waals surface area contributed by atoms with Crippen molar-refractivity contribution in [3.63, 3.8) is 0 Å². The van der Waals surface area contributed by atoms with Crippen molar-refractivity contribution >= 4 is 6.03 Å². The Morgan fingerprint density at radius 3 is 2.54 bits per heavy atom. The summed E-state index contributed by atoms with van der Waals surface area (Å²) in [6.45, 7) is 3.08. The Kier molecular flexibility index (Phi) is 6.04. The maximum atomic E-state index is 12.8. The second-order valence-corrected chi connectivity index (χ2v) is 6.20. The summed E-state index contributed by atoms with van der Waals surface area (Å²) in [5.41, 5.74) is 2.26. The van der Waals surface area contributed by atoms with E-state index in [9.17, 15) is 4.79 Å². The van der Waals surface area contributed by atoms with Gasteiger partial charge in [0.2, 0.25) is 0 Å². The standard InChI is InChI=1S/C21H23N3O2/c1-17(20-8-5-15-26-20)23-21(25)24(16-19-9-12-22-13-10-19)14-11-18-6-3-2-4-7-18/h2-10,12-13,15,17H,11,14,16H2,1H3,(H,23,25). The lowest BCUT2D eigenvalue weighted by atomic mass is 10.1. The van der Waals surface area contributed by atoms with Gasteiger partial charge in [-0.1, -0.05) is 30.3 Å². The number of rotatable bonds is 7. The minimum Gasteiger partial charge on any atom is -0.467 e. The van der Waals surface area contributed by atoms with Crippen molar-refractivity contribution in [2.75, 3.05) is 6.54 Å². The van der Waals surface area contributed by atoms with Crippen molar-refractivity contribution < 1.29 is 9.21 Å². The lowest BCUT2D eigenvalue weighted by molar-refractivity contribution is 0.191. The molecule has 3 rings (SSSR count). The van der Waals surface area contributed by atoms with E-state index in [1.165, 1.54) is 5.56 Å². The first kappa shape index (κ1) is 17.7. The van der Waals surface area contributed by atoms with Crippen molar-refractivity contribution in [1.29, 1.82) is 0 Å². The van der Waals surface area contributed by atoms with Gasteiger partial charge in [-0.15, -0.1) is 0 Å². The number of benzene rings is 1. The van der Waals surface area contributed by atoms with Gasteiger partial charge in [0.05, 0.1) is 12.3 Å². The van der Waals surface area contributed by atoms with Crippen LogP contribution in [0.5, 0.6) is 0 Å². The van der Waals surface area contributed by atoms with Crippen LogP contribution in [0.4, 0.5) is 4.79 Å². The highest BCUT2D eigenvalue weighted by Gasteiger charge is 2.18. The Labute approximate surface area is 153 Å². The molecule has 134 valence electrons. The Morgan fingerprint density at radius 1 is 1.08 bits per heavy atom. The van der Waals surface area contributed by atoms with Gasteiger partial charge in [0.1, 0.15) is 5.76 Å². The molecule has 0 aliphatic heterocycles. The van der Waals surface area contributed by atoms with Crippen molar-refractivity contribution in [2.45, 2.75) is 25.9 Å². The maximum absolute atomic E-state index is 12.8. The molecule has 0 saturated carbocycles. The van der Waals surface area contributed by atoms with Gasteiger partial charge in [-0.2, -0.15) is 0 Å². The Hall–Kier alpha value is -3.08. The molecule has 0 spiro atoms. The largest absolute Gasteiger partial charge is 0.467 e. The summed E-state index contributed by atoms with van der Waals surface area (Å²) in [6, 6.07) is 17.4. The number of urea groups is 1. The number of hydrogen-bond donors (Lipinski definition) is 1. The summed E-state index contributed by atoms with van der Waals surface area (Å²) >= 11 is 0. The normalized spacial score (nSPS) is 11.7. The maximum Gasteiger partial charge on any atom is 0.318 e. The van der Waals surface area contributed by atoms with Crippen LogP contribution in [-0.4, -0.2) is 22.5 Å². The first-order valence-corrected chi connectivity index (χ1v) is 8.74. The number of carbonyl (C=O) groups is 1. The third-order valence-corrected chi connectivity index (χ3v) is 4.23. The molecule has 1 unspecified atom stereocenters. The van der Waals surface area contributed by atoms with Gasteiger partial charge in [0.25, 0.3) is 0 Å². The highest BCUT2D eigenvalue weighted by molar-refractivity contribution is 5.74. The fourth-order valence-electron chi connectivity index (χ4n) is 2.76. The SMILES string of the molecule is CC(NC(=O)N(CCc1ccccc1)Cc1ccncc1)c1ccco1. The molecule has 0 aliphatic carbocycles. The fraction of sp³-hybridized carbons (Fsp3) is 0.238. The van der Waals surface area contributed by atoms with Crippen LogP contribution in [-0.2, 0) is 13.0 Å². The lowest BCUT2D eigenvalue weighted by Gasteiger charge is -2.25. The molecule has 2 aromatic heterocycles. The summed E-state index contributed by atoms with van der Waals surface area (Å²) in [5.74, 6) is 0.741. The molecule has 0 radical (unpaired) electrons. The molecular formula is C21H23N3O2. The molecule has 3 aromatic rings. The highest BCUT2D eigenvalue weighted by atomic mass is 16.3. The van der Waals surface area contributed by atoms with Gasteiger partial charge in [-0.25, -0.2) is 4.79 Å². The number of carbonyl (C=O) groups excluding carboxylic acids is 1. The molecular weight excluding hydrogens is 326 g/mol. The molecule has 2 heterocycles. The quantitative estimate of drug-likeness (QED) is 0.696. The summed E-state index contributed by atoms with van der Waals surface area (Å²) in [6.07, 6.45) is 5.90. The van der Waals surface area contributed by atoms with Crippen LogP contribution in [0.2, 0.25) is 0 Å². The van der Waals surface area contributed by atoms with E-state index in [2.05, 4.69) is 22.4 Å². The zero-order valence-electron chi connectivity index (χ0n) is 14.8. The van der Waals surface area contributed by atoms with E-state index >= 15 is 0 Å². The molecule has 5 nitrogen and oxygen atoms in total. The number of nitrogens with zero attached hydrogens (tertiary/aromatic N) is 2. The minimum atomic E-state index is -0.186. The number of nitrogens with one attached hydrogen (secondary N) is 1. The second-order valence-electron chi connectivity index (χ2n) is 6.20. The summed E-state index contributed by atoms with van der Waals surface area (Å²) in [4.78, 5) is 18.7. The fourth-order valence-corrected chi connectivity index (χ4v) is 2.76. The molecule has 26 heavy (non-hydrogen) atoms. The summed E-state index contributed by atoms with van der Waals surface area (Å²) in [7, 11) is 0. The molecule has 0 fully saturated rings. The molecule has 1 atom stereocenters. The summed E-state index contributed by atoms with van der Waals surface area (Å²) < 4.78 is 5.38. The predicted octanol–water partition coefficient (Wildman–Crippen LogP) is 4.19. The summed E-state index contributed by atoms with van der Waals surface area (Å²) in [5, 5.41) is 3.02. The van der Waals surface area contributed by atoms with Gasteiger partial charge in [-0.3, -0.25) is 4.98 Å². The molecule has 0 aliphatic rings. The Morgan fingerprint density at radius 2 is 1.85 bits per heavy atom. The molecule has 0 saturated heterocycles. The molecule has 1 N–H and O–H groups in total. The van der Waals surface area contributed by atoms with E-state index in [0.29, 0.717) is 13.1 Å². The van der Waals surface area contributed by atoms with Crippen molar-refractivity contribution in [1.82, 2.24) is 15.2 Å². The first-order valence-electron chi connectivity index (χ1n) is 8.74. The van der Waals surface area contributed by atoms with E-state index in [1.54, 1.807) is 18.7 Å². The van der Waals surface area contributed by atoms with Gasteiger partial charge in [0, 0.05) is 25.5 Å². The van der Waals surface area contributed by atoms with E-state index in [0.717, 1.165) is 17.7 Å². The van der Waals surface area contributed by atoms with Crippen molar-refractivity contribution in [3.8, 4) is 0 Å². The third-order valence-electron chi connectivity index (χ3n) is 4.23. The smallest absolute Gasteiger partial charge is 0.318 e. The predicted molar refractivity (Wildman–Crippen MR) is 100 cm³/mol. The first-order chi connectivity index (χ1) is 12.7. The van der Waals surface area contributed by atoms with Crippen LogP contribution >= 0.6 is 0 Å². The third kappa shape index (κ3) is 4.96. The monoisotopic (exact) mass is 349 g/mol. The van der Waals surface area contributed by atoms with Crippen LogP contribution in [0.1, 0.15) is 29.9 Å². The average molecular weight is 349 g/mol. The number of amides is 2. The minimum absolute atomic E-state index is 0.110. The lowest BCUT2D eigenvalue weighted by Crippen LogP contribution is -2.41.